The van der Waals surface area contributed by atoms with E-state index in [0.717, 1.165) is 9.37 Å². The van der Waals surface area contributed by atoms with Crippen molar-refractivity contribution in [2.75, 3.05) is 0 Å². The lowest BCUT2D eigenvalue weighted by molar-refractivity contribution is -0.149. The zero-order chi connectivity index (χ0) is 20.9. The van der Waals surface area contributed by atoms with Gasteiger partial charge in [0.1, 0.15) is 11.4 Å². The summed E-state index contributed by atoms with van der Waals surface area (Å²) in [4.78, 5) is 39.5. The highest BCUT2D eigenvalue weighted by Crippen LogP contribution is 2.48. The summed E-state index contributed by atoms with van der Waals surface area (Å²) < 4.78 is 14.0. The third-order valence-electron chi connectivity index (χ3n) is 5.79. The highest BCUT2D eigenvalue weighted by Gasteiger charge is 2.67. The van der Waals surface area contributed by atoms with Crippen LogP contribution >= 0.6 is 15.9 Å². The summed E-state index contributed by atoms with van der Waals surface area (Å²) >= 11 is 3.35. The number of carbonyl (C=O) groups is 3. The van der Waals surface area contributed by atoms with Crippen LogP contribution in [-0.4, -0.2) is 33.3 Å². The van der Waals surface area contributed by atoms with Gasteiger partial charge >= 0.3 is 5.97 Å². The molecule has 2 saturated heterocycles. The second-order valence-electron chi connectivity index (χ2n) is 7.57. The predicted molar refractivity (Wildman–Crippen MR) is 105 cm³/mol. The second kappa shape index (κ2) is 7.03. The van der Waals surface area contributed by atoms with Crippen molar-refractivity contribution in [3.8, 4) is 0 Å². The Balaban J connectivity index is 1.68. The first-order chi connectivity index (χ1) is 13.7. The van der Waals surface area contributed by atoms with E-state index in [1.807, 2.05) is 0 Å². The summed E-state index contributed by atoms with van der Waals surface area (Å²) in [5.41, 5.74) is -0.0346. The third kappa shape index (κ3) is 3.16. The number of carboxylic acid groups (broad SMARTS) is 1. The maximum Gasteiger partial charge on any atom is 0.309 e. The van der Waals surface area contributed by atoms with Crippen LogP contribution in [0.1, 0.15) is 24.1 Å². The summed E-state index contributed by atoms with van der Waals surface area (Å²) in [6.45, 7) is 1.55. The predicted octanol–water partition coefficient (Wildman–Crippen LogP) is 2.88. The molecule has 6 nitrogen and oxygen atoms in total. The Morgan fingerprint density at radius 1 is 1.17 bits per heavy atom. The molecule has 2 aliphatic heterocycles. The van der Waals surface area contributed by atoms with Crippen LogP contribution in [0.15, 0.2) is 53.0 Å². The molecule has 4 atom stereocenters. The van der Waals surface area contributed by atoms with Gasteiger partial charge < -0.3 is 5.11 Å². The van der Waals surface area contributed by atoms with E-state index < -0.39 is 47.0 Å². The molecule has 0 aromatic heterocycles. The van der Waals surface area contributed by atoms with E-state index in [1.54, 1.807) is 31.2 Å². The van der Waals surface area contributed by atoms with Gasteiger partial charge in [-0.1, -0.05) is 40.2 Å². The van der Waals surface area contributed by atoms with Crippen LogP contribution in [0.5, 0.6) is 0 Å². The van der Waals surface area contributed by atoms with Gasteiger partial charge in [0.05, 0.1) is 18.4 Å². The minimum Gasteiger partial charge on any atom is -0.481 e. The van der Waals surface area contributed by atoms with E-state index in [1.165, 1.54) is 24.3 Å². The first-order valence-electron chi connectivity index (χ1n) is 9.08. The number of rotatable bonds is 4. The Kier molecular flexibility index (Phi) is 4.78. The van der Waals surface area contributed by atoms with Gasteiger partial charge in [0, 0.05) is 10.5 Å². The first kappa shape index (κ1) is 19.7. The molecule has 0 saturated carbocycles. The van der Waals surface area contributed by atoms with Gasteiger partial charge in [-0.2, -0.15) is 0 Å². The topological polar surface area (TPSA) is 86.7 Å². The molecular weight excluding hydrogens is 443 g/mol. The highest BCUT2D eigenvalue weighted by atomic mass is 79.9. The number of halogens is 2. The number of hydrogen-bond acceptors (Lipinski definition) is 4. The van der Waals surface area contributed by atoms with E-state index in [2.05, 4.69) is 21.2 Å². The Bertz CT molecular complexity index is 995. The molecule has 2 amide bonds. The number of nitrogens with zero attached hydrogens (tertiary/aromatic N) is 1. The average Bonchev–Trinajstić information content (AvgIpc) is 3.09. The second-order valence-corrected chi connectivity index (χ2v) is 8.49. The summed E-state index contributed by atoms with van der Waals surface area (Å²) in [7, 11) is 0. The Morgan fingerprint density at radius 2 is 1.79 bits per heavy atom. The summed E-state index contributed by atoms with van der Waals surface area (Å²) in [5.74, 6) is -4.66. The van der Waals surface area contributed by atoms with Crippen molar-refractivity contribution in [1.82, 2.24) is 10.2 Å². The number of hydrogen-bond donors (Lipinski definition) is 2. The van der Waals surface area contributed by atoms with Crippen molar-refractivity contribution < 1.29 is 23.9 Å². The van der Waals surface area contributed by atoms with Crippen molar-refractivity contribution in [3.63, 3.8) is 0 Å². The van der Waals surface area contributed by atoms with Gasteiger partial charge in [0.15, 0.2) is 0 Å². The van der Waals surface area contributed by atoms with E-state index in [-0.39, 0.29) is 6.54 Å². The molecule has 150 valence electrons. The minimum atomic E-state index is -1.32. The number of carboxylic acids is 1. The standard InChI is InChI=1S/C21H18BrFN2O4/c1-21-16(15(19(27)28)17(24-21)12-4-6-13(22)7-5-12)18(26)25(20(21)29)10-11-2-8-14(23)9-3-11/h2-9,15-17,24H,10H2,1H3,(H,27,28)/t15-,16-,17-,21-/m0/s1. The molecule has 8 heteroatoms. The van der Waals surface area contributed by atoms with Crippen LogP contribution < -0.4 is 5.32 Å². The number of aliphatic carboxylic acids is 1. The van der Waals surface area contributed by atoms with Gasteiger partial charge in [-0.25, -0.2) is 4.39 Å². The molecule has 2 aromatic carbocycles. The molecule has 0 unspecified atom stereocenters. The highest BCUT2D eigenvalue weighted by molar-refractivity contribution is 9.10. The molecule has 0 spiro atoms. The Labute approximate surface area is 174 Å². The number of likely N-dealkylation sites (tertiary alicyclic amines) is 1. The van der Waals surface area contributed by atoms with Crippen LogP contribution in [0, 0.1) is 17.7 Å². The van der Waals surface area contributed by atoms with Gasteiger partial charge in [-0.3, -0.25) is 24.6 Å². The molecule has 2 fully saturated rings. The maximum absolute atomic E-state index is 13.2. The van der Waals surface area contributed by atoms with Crippen LogP contribution in [0.2, 0.25) is 0 Å². The molecule has 2 aromatic rings. The molecule has 0 aliphatic carbocycles. The lowest BCUT2D eigenvalue weighted by Gasteiger charge is -2.24. The van der Waals surface area contributed by atoms with Crippen LogP contribution in [0.3, 0.4) is 0 Å². The van der Waals surface area contributed by atoms with Gasteiger partial charge in [-0.05, 0) is 42.3 Å². The number of amides is 2. The van der Waals surface area contributed by atoms with Gasteiger partial charge in [0.2, 0.25) is 11.8 Å². The molecular formula is C21H18BrFN2O4. The lowest BCUT2D eigenvalue weighted by atomic mass is 9.80. The lowest BCUT2D eigenvalue weighted by Crippen LogP contribution is -2.48. The molecule has 2 heterocycles. The third-order valence-corrected chi connectivity index (χ3v) is 6.31. The molecule has 29 heavy (non-hydrogen) atoms. The quantitative estimate of drug-likeness (QED) is 0.685. The number of nitrogens with one attached hydrogen (secondary N) is 1. The zero-order valence-corrected chi connectivity index (χ0v) is 17.0. The van der Waals surface area contributed by atoms with E-state index in [0.29, 0.717) is 11.1 Å². The average molecular weight is 461 g/mol. The largest absolute Gasteiger partial charge is 0.481 e. The summed E-state index contributed by atoms with van der Waals surface area (Å²) in [6, 6.07) is 12.0. The first-order valence-corrected chi connectivity index (χ1v) is 9.88. The van der Waals surface area contributed by atoms with Crippen LogP contribution in [0.4, 0.5) is 4.39 Å². The van der Waals surface area contributed by atoms with Crippen LogP contribution in [-0.2, 0) is 20.9 Å². The zero-order valence-electron chi connectivity index (χ0n) is 15.4. The summed E-state index contributed by atoms with van der Waals surface area (Å²) in [5, 5.41) is 13.0. The number of fused-ring (bicyclic) bond motifs is 1. The van der Waals surface area contributed by atoms with Crippen molar-refractivity contribution in [3.05, 3.63) is 69.9 Å². The van der Waals surface area contributed by atoms with Gasteiger partial charge in [0.25, 0.3) is 0 Å². The van der Waals surface area contributed by atoms with Crippen molar-refractivity contribution in [2.45, 2.75) is 25.0 Å². The fourth-order valence-corrected chi connectivity index (χ4v) is 4.63. The van der Waals surface area contributed by atoms with Crippen LogP contribution in [0.25, 0.3) is 0 Å². The van der Waals surface area contributed by atoms with E-state index in [4.69, 9.17) is 0 Å². The molecule has 0 radical (unpaired) electrons. The normalized spacial score (nSPS) is 28.7. The fraction of sp³-hybridized carbons (Fsp3) is 0.286. The number of imide groups is 1. The van der Waals surface area contributed by atoms with E-state index in [9.17, 15) is 23.9 Å². The molecule has 2 aliphatic rings. The molecule has 4 rings (SSSR count). The molecule has 2 N–H and O–H groups in total. The Morgan fingerprint density at radius 3 is 2.38 bits per heavy atom. The van der Waals surface area contributed by atoms with Crippen molar-refractivity contribution in [2.24, 2.45) is 11.8 Å². The number of benzene rings is 2. The molecule has 0 bridgehead atoms. The van der Waals surface area contributed by atoms with E-state index >= 15 is 0 Å². The monoisotopic (exact) mass is 460 g/mol. The summed E-state index contributed by atoms with van der Waals surface area (Å²) in [6.07, 6.45) is 0. The minimum absolute atomic E-state index is 0.0268. The SMILES string of the molecule is C[C@]12N[C@@H](c3ccc(Br)cc3)[C@@H](C(=O)O)[C@H]1C(=O)N(Cc1ccc(F)cc1)C2=O. The van der Waals surface area contributed by atoms with Crippen molar-refractivity contribution in [1.29, 1.82) is 0 Å². The Hall–Kier alpha value is -2.58. The smallest absolute Gasteiger partial charge is 0.309 e. The maximum atomic E-state index is 13.2. The number of carbonyl (C=O) groups excluding carboxylic acids is 2. The van der Waals surface area contributed by atoms with Crippen molar-refractivity contribution >= 4 is 33.7 Å². The van der Waals surface area contributed by atoms with Gasteiger partial charge in [-0.15, -0.1) is 0 Å². The fourth-order valence-electron chi connectivity index (χ4n) is 4.37.